The van der Waals surface area contributed by atoms with Crippen LogP contribution in [0.3, 0.4) is 0 Å². The van der Waals surface area contributed by atoms with Crippen LogP contribution in [-0.4, -0.2) is 9.97 Å². The molecule has 0 spiro atoms. The van der Waals surface area contributed by atoms with Crippen molar-refractivity contribution < 1.29 is 13.2 Å². The molecule has 0 bridgehead atoms. The molecule has 18 heavy (non-hydrogen) atoms. The van der Waals surface area contributed by atoms with Gasteiger partial charge < -0.3 is 9.40 Å². The molecule has 3 rings (SSSR count). The number of furan rings is 1. The van der Waals surface area contributed by atoms with Gasteiger partial charge in [-0.1, -0.05) is 0 Å². The van der Waals surface area contributed by atoms with Crippen LogP contribution in [0.5, 0.6) is 0 Å². The van der Waals surface area contributed by atoms with E-state index in [1.807, 2.05) is 12.1 Å². The second-order valence-corrected chi connectivity index (χ2v) is 4.05. The summed E-state index contributed by atoms with van der Waals surface area (Å²) in [7, 11) is 0. The molecule has 3 aromatic rings. The Morgan fingerprint density at radius 2 is 2.11 bits per heavy atom. The van der Waals surface area contributed by atoms with Gasteiger partial charge in [-0.3, -0.25) is 0 Å². The van der Waals surface area contributed by atoms with Gasteiger partial charge in [0, 0.05) is 18.9 Å². The number of imidazole rings is 1. The number of hydrogen-bond donors (Lipinski definition) is 1. The number of rotatable bonds is 3. The fourth-order valence-electron chi connectivity index (χ4n) is 1.91. The van der Waals surface area contributed by atoms with Crippen molar-refractivity contribution in [1.82, 2.24) is 9.97 Å². The van der Waals surface area contributed by atoms with Crippen LogP contribution in [-0.2, 0) is 12.8 Å². The van der Waals surface area contributed by atoms with Gasteiger partial charge in [-0.25, -0.2) is 13.8 Å². The van der Waals surface area contributed by atoms with E-state index >= 15 is 0 Å². The summed E-state index contributed by atoms with van der Waals surface area (Å²) in [6.45, 7) is 0. The van der Waals surface area contributed by atoms with Crippen molar-refractivity contribution in [2.24, 2.45) is 0 Å². The third kappa shape index (κ3) is 1.99. The number of H-pyrrole nitrogens is 1. The molecule has 1 N–H and O–H groups in total. The molecule has 92 valence electrons. The summed E-state index contributed by atoms with van der Waals surface area (Å²) in [5, 5.41) is 0. The minimum absolute atomic E-state index is 0.172. The zero-order valence-corrected chi connectivity index (χ0v) is 9.41. The maximum absolute atomic E-state index is 13.4. The van der Waals surface area contributed by atoms with E-state index < -0.39 is 11.6 Å². The molecule has 0 aliphatic rings. The van der Waals surface area contributed by atoms with E-state index in [2.05, 4.69) is 9.97 Å². The fourth-order valence-corrected chi connectivity index (χ4v) is 1.91. The lowest BCUT2D eigenvalue weighted by molar-refractivity contribution is 0.507. The number of aromatic amines is 1. The number of fused-ring (bicyclic) bond motifs is 1. The van der Waals surface area contributed by atoms with Crippen molar-refractivity contribution in [3.63, 3.8) is 0 Å². The summed E-state index contributed by atoms with van der Waals surface area (Å²) in [6, 6.07) is 5.74. The zero-order valence-electron chi connectivity index (χ0n) is 9.41. The minimum atomic E-state index is -0.648. The highest BCUT2D eigenvalue weighted by Crippen LogP contribution is 2.18. The molecule has 0 saturated carbocycles. The third-order valence-electron chi connectivity index (χ3n) is 2.74. The van der Waals surface area contributed by atoms with Gasteiger partial charge in [-0.05, 0) is 18.2 Å². The maximum Gasteiger partial charge on any atom is 0.153 e. The lowest BCUT2D eigenvalue weighted by atomic mass is 10.2. The average Bonchev–Trinajstić information content (AvgIpc) is 2.93. The number of benzene rings is 1. The lowest BCUT2D eigenvalue weighted by Crippen LogP contribution is -1.91. The standard InChI is InChI=1S/C13H10F2N2O/c14-8-6-10(15)13-11(7-8)16-12(17-13)4-3-9-2-1-5-18-9/h1-2,5-7H,3-4H2,(H,16,17). The van der Waals surface area contributed by atoms with E-state index in [-0.39, 0.29) is 5.52 Å². The highest BCUT2D eigenvalue weighted by atomic mass is 19.1. The molecule has 5 heteroatoms. The highest BCUT2D eigenvalue weighted by molar-refractivity contribution is 5.75. The summed E-state index contributed by atoms with van der Waals surface area (Å²) < 4.78 is 31.6. The van der Waals surface area contributed by atoms with E-state index in [1.54, 1.807) is 6.26 Å². The quantitative estimate of drug-likeness (QED) is 0.773. The normalized spacial score (nSPS) is 11.2. The Kier molecular flexibility index (Phi) is 2.59. The Bertz CT molecular complexity index is 674. The topological polar surface area (TPSA) is 41.8 Å². The number of halogens is 2. The second-order valence-electron chi connectivity index (χ2n) is 4.05. The van der Waals surface area contributed by atoms with Gasteiger partial charge in [0.2, 0.25) is 0 Å². The Hall–Kier alpha value is -2.17. The van der Waals surface area contributed by atoms with E-state index in [9.17, 15) is 8.78 Å². The summed E-state index contributed by atoms with van der Waals surface area (Å²) in [4.78, 5) is 7.02. The van der Waals surface area contributed by atoms with Crippen LogP contribution in [0.4, 0.5) is 8.78 Å². The summed E-state index contributed by atoms with van der Waals surface area (Å²) in [5.41, 5.74) is 0.549. The largest absolute Gasteiger partial charge is 0.469 e. The van der Waals surface area contributed by atoms with Crippen LogP contribution in [0, 0.1) is 11.6 Å². The van der Waals surface area contributed by atoms with Crippen molar-refractivity contribution in [1.29, 1.82) is 0 Å². The predicted molar refractivity (Wildman–Crippen MR) is 62.1 cm³/mol. The molecule has 0 aliphatic carbocycles. The number of aryl methyl sites for hydroxylation is 2. The van der Waals surface area contributed by atoms with E-state index in [0.29, 0.717) is 24.2 Å². The van der Waals surface area contributed by atoms with Crippen LogP contribution < -0.4 is 0 Å². The molecular formula is C13H10F2N2O. The van der Waals surface area contributed by atoms with Crippen molar-refractivity contribution in [2.45, 2.75) is 12.8 Å². The molecule has 1 aromatic carbocycles. The Morgan fingerprint density at radius 3 is 2.89 bits per heavy atom. The lowest BCUT2D eigenvalue weighted by Gasteiger charge is -1.93. The smallest absolute Gasteiger partial charge is 0.153 e. The van der Waals surface area contributed by atoms with Crippen molar-refractivity contribution in [3.8, 4) is 0 Å². The van der Waals surface area contributed by atoms with Crippen molar-refractivity contribution in [2.75, 3.05) is 0 Å². The SMILES string of the molecule is Fc1cc(F)c2nc(CCc3ccco3)[nH]c2c1. The second kappa shape index (κ2) is 4.25. The van der Waals surface area contributed by atoms with Crippen LogP contribution in [0.1, 0.15) is 11.6 Å². The van der Waals surface area contributed by atoms with Gasteiger partial charge in [0.05, 0.1) is 11.8 Å². The molecule has 0 radical (unpaired) electrons. The Morgan fingerprint density at radius 1 is 1.22 bits per heavy atom. The number of hydrogen-bond acceptors (Lipinski definition) is 2. The number of aromatic nitrogens is 2. The molecule has 0 fully saturated rings. The van der Waals surface area contributed by atoms with E-state index in [4.69, 9.17) is 4.42 Å². The summed E-state index contributed by atoms with van der Waals surface area (Å²) in [6.07, 6.45) is 2.85. The van der Waals surface area contributed by atoms with Crippen LogP contribution in [0.15, 0.2) is 34.9 Å². The first-order valence-corrected chi connectivity index (χ1v) is 5.58. The summed E-state index contributed by atoms with van der Waals surface area (Å²) in [5.74, 6) is 0.194. The molecule has 0 unspecified atom stereocenters. The van der Waals surface area contributed by atoms with E-state index in [1.165, 1.54) is 6.07 Å². The van der Waals surface area contributed by atoms with Gasteiger partial charge in [0.15, 0.2) is 5.82 Å². The predicted octanol–water partition coefficient (Wildman–Crippen LogP) is 3.22. The fraction of sp³-hybridized carbons (Fsp3) is 0.154. The highest BCUT2D eigenvalue weighted by Gasteiger charge is 2.10. The third-order valence-corrected chi connectivity index (χ3v) is 2.74. The van der Waals surface area contributed by atoms with Gasteiger partial charge >= 0.3 is 0 Å². The Labute approximate surface area is 101 Å². The Balaban J connectivity index is 1.87. The molecule has 2 heterocycles. The van der Waals surface area contributed by atoms with Crippen molar-refractivity contribution >= 4 is 11.0 Å². The molecule has 0 atom stereocenters. The first kappa shape index (κ1) is 11.0. The first-order chi connectivity index (χ1) is 8.72. The molecular weight excluding hydrogens is 238 g/mol. The van der Waals surface area contributed by atoms with Crippen LogP contribution >= 0.6 is 0 Å². The van der Waals surface area contributed by atoms with Gasteiger partial charge in [-0.2, -0.15) is 0 Å². The molecule has 0 aliphatic heterocycles. The zero-order chi connectivity index (χ0) is 12.5. The van der Waals surface area contributed by atoms with Gasteiger partial charge in [0.25, 0.3) is 0 Å². The monoisotopic (exact) mass is 248 g/mol. The van der Waals surface area contributed by atoms with E-state index in [0.717, 1.165) is 11.8 Å². The first-order valence-electron chi connectivity index (χ1n) is 5.58. The molecule has 2 aromatic heterocycles. The molecule has 3 nitrogen and oxygen atoms in total. The van der Waals surface area contributed by atoms with Crippen LogP contribution in [0.2, 0.25) is 0 Å². The van der Waals surface area contributed by atoms with Gasteiger partial charge in [0.1, 0.15) is 22.9 Å². The molecule has 0 saturated heterocycles. The average molecular weight is 248 g/mol. The minimum Gasteiger partial charge on any atom is -0.469 e. The molecule has 0 amide bonds. The summed E-state index contributed by atoms with van der Waals surface area (Å²) >= 11 is 0. The van der Waals surface area contributed by atoms with Crippen LogP contribution in [0.25, 0.3) is 11.0 Å². The number of nitrogens with one attached hydrogen (secondary N) is 1. The van der Waals surface area contributed by atoms with Crippen molar-refractivity contribution in [3.05, 3.63) is 53.7 Å². The number of nitrogens with zero attached hydrogens (tertiary/aromatic N) is 1. The van der Waals surface area contributed by atoms with Gasteiger partial charge in [-0.15, -0.1) is 0 Å². The maximum atomic E-state index is 13.4.